The number of hydrogen-bond acceptors (Lipinski definition) is 3. The number of amides is 2. The molecule has 2 atom stereocenters. The Bertz CT molecular complexity index is 596. The second-order valence-corrected chi connectivity index (χ2v) is 6.67. The van der Waals surface area contributed by atoms with Gasteiger partial charge in [-0.15, -0.1) is 0 Å². The van der Waals surface area contributed by atoms with Crippen LogP contribution in [0.1, 0.15) is 41.0 Å². The molecule has 2 amide bonds. The Kier molecular flexibility index (Phi) is 2.63. The van der Waals surface area contributed by atoms with Crippen molar-refractivity contribution in [3.05, 3.63) is 33.8 Å². The van der Waals surface area contributed by atoms with Crippen molar-refractivity contribution in [1.82, 2.24) is 4.90 Å². The maximum Gasteiger partial charge on any atom is 0.261 e. The number of halogens is 1. The van der Waals surface area contributed by atoms with E-state index in [9.17, 15) is 14.7 Å². The van der Waals surface area contributed by atoms with Gasteiger partial charge in [-0.05, 0) is 24.6 Å². The zero-order chi connectivity index (χ0) is 13.9. The van der Waals surface area contributed by atoms with Gasteiger partial charge >= 0.3 is 0 Å². The fourth-order valence-electron chi connectivity index (χ4n) is 2.83. The molecule has 1 aliphatic heterocycles. The molecule has 19 heavy (non-hydrogen) atoms. The van der Waals surface area contributed by atoms with Crippen molar-refractivity contribution in [2.24, 2.45) is 5.41 Å². The zero-order valence-corrected chi connectivity index (χ0v) is 12.3. The molecule has 0 radical (unpaired) electrons. The van der Waals surface area contributed by atoms with Crippen molar-refractivity contribution in [3.8, 4) is 0 Å². The Morgan fingerprint density at radius 2 is 1.89 bits per heavy atom. The molecule has 1 saturated carbocycles. The minimum absolute atomic E-state index is 0.228. The van der Waals surface area contributed by atoms with E-state index in [0.29, 0.717) is 17.5 Å². The van der Waals surface area contributed by atoms with Crippen LogP contribution in [-0.2, 0) is 0 Å². The zero-order valence-electron chi connectivity index (χ0n) is 10.7. The van der Waals surface area contributed by atoms with Gasteiger partial charge in [-0.2, -0.15) is 0 Å². The van der Waals surface area contributed by atoms with Crippen molar-refractivity contribution in [2.75, 3.05) is 0 Å². The smallest absolute Gasteiger partial charge is 0.261 e. The molecule has 0 spiro atoms. The topological polar surface area (TPSA) is 57.6 Å². The second kappa shape index (κ2) is 3.90. The van der Waals surface area contributed by atoms with Crippen molar-refractivity contribution in [1.29, 1.82) is 0 Å². The summed E-state index contributed by atoms with van der Waals surface area (Å²) in [7, 11) is 0. The molecular weight excluding hydrogens is 310 g/mol. The lowest BCUT2D eigenvalue weighted by Crippen LogP contribution is -2.62. The van der Waals surface area contributed by atoms with E-state index < -0.39 is 11.5 Å². The number of aliphatic hydroxyl groups excluding tert-OH is 1. The van der Waals surface area contributed by atoms with Crippen molar-refractivity contribution < 1.29 is 14.7 Å². The van der Waals surface area contributed by atoms with E-state index in [1.54, 1.807) is 18.2 Å². The van der Waals surface area contributed by atoms with E-state index in [4.69, 9.17) is 0 Å². The standard InChI is InChI=1S/C14H14BrNO3/c1-14(2)10(6-11(14)17)16-12(18)8-4-3-7(15)5-9(8)13(16)19/h3-5,10-11,17H,6H2,1-2H3. The Labute approximate surface area is 119 Å². The Morgan fingerprint density at radius 1 is 1.26 bits per heavy atom. The lowest BCUT2D eigenvalue weighted by Gasteiger charge is -2.52. The van der Waals surface area contributed by atoms with Gasteiger partial charge in [-0.1, -0.05) is 29.8 Å². The highest BCUT2D eigenvalue weighted by Crippen LogP contribution is 2.46. The molecule has 3 rings (SSSR count). The van der Waals surface area contributed by atoms with Gasteiger partial charge in [-0.3, -0.25) is 14.5 Å². The van der Waals surface area contributed by atoms with Crippen LogP contribution in [0.25, 0.3) is 0 Å². The van der Waals surface area contributed by atoms with Gasteiger partial charge in [0.2, 0.25) is 0 Å². The molecule has 1 heterocycles. The largest absolute Gasteiger partial charge is 0.392 e. The third kappa shape index (κ3) is 1.61. The predicted octanol–water partition coefficient (Wildman–Crippen LogP) is 2.20. The number of hydrogen-bond donors (Lipinski definition) is 1. The van der Waals surface area contributed by atoms with Crippen molar-refractivity contribution in [2.45, 2.75) is 32.4 Å². The van der Waals surface area contributed by atoms with Crippen LogP contribution in [0.5, 0.6) is 0 Å². The minimum atomic E-state index is -0.464. The Morgan fingerprint density at radius 3 is 2.47 bits per heavy atom. The summed E-state index contributed by atoms with van der Waals surface area (Å²) in [6, 6.07) is 4.88. The molecular formula is C14H14BrNO3. The molecule has 0 aromatic heterocycles. The number of nitrogens with zero attached hydrogens (tertiary/aromatic N) is 1. The fourth-order valence-corrected chi connectivity index (χ4v) is 3.19. The highest BCUT2D eigenvalue weighted by molar-refractivity contribution is 9.10. The Hall–Kier alpha value is -1.20. The summed E-state index contributed by atoms with van der Waals surface area (Å²) in [6.07, 6.45) is -0.00633. The maximum atomic E-state index is 12.4. The first-order chi connectivity index (χ1) is 8.84. The van der Waals surface area contributed by atoms with Gasteiger partial charge in [0.25, 0.3) is 11.8 Å². The lowest BCUT2D eigenvalue weighted by atomic mass is 9.64. The van der Waals surface area contributed by atoms with E-state index >= 15 is 0 Å². The SMILES string of the molecule is CC1(C)C(O)CC1N1C(=O)c2ccc(Br)cc2C1=O. The van der Waals surface area contributed by atoms with Crippen LogP contribution in [-0.4, -0.2) is 34.0 Å². The van der Waals surface area contributed by atoms with Crippen LogP contribution < -0.4 is 0 Å². The van der Waals surface area contributed by atoms with Crippen LogP contribution in [0.2, 0.25) is 0 Å². The van der Waals surface area contributed by atoms with Crippen LogP contribution in [0.4, 0.5) is 0 Å². The molecule has 1 aromatic carbocycles. The van der Waals surface area contributed by atoms with Gasteiger partial charge in [0.15, 0.2) is 0 Å². The second-order valence-electron chi connectivity index (χ2n) is 5.76. The average molecular weight is 324 g/mol. The van der Waals surface area contributed by atoms with E-state index in [1.807, 2.05) is 13.8 Å². The summed E-state index contributed by atoms with van der Waals surface area (Å²) in [5, 5.41) is 9.78. The molecule has 2 aliphatic rings. The number of aliphatic hydroxyl groups is 1. The van der Waals surface area contributed by atoms with E-state index in [1.165, 1.54) is 4.90 Å². The molecule has 0 bridgehead atoms. The molecule has 1 N–H and O–H groups in total. The predicted molar refractivity (Wildman–Crippen MR) is 72.8 cm³/mol. The molecule has 0 saturated heterocycles. The van der Waals surface area contributed by atoms with Gasteiger partial charge in [0.05, 0.1) is 23.3 Å². The van der Waals surface area contributed by atoms with E-state index in [-0.39, 0.29) is 17.9 Å². The van der Waals surface area contributed by atoms with Crippen LogP contribution in [0, 0.1) is 5.41 Å². The summed E-state index contributed by atoms with van der Waals surface area (Å²) in [5.74, 6) is -0.510. The molecule has 2 unspecified atom stereocenters. The van der Waals surface area contributed by atoms with Gasteiger partial charge in [-0.25, -0.2) is 0 Å². The molecule has 4 nitrogen and oxygen atoms in total. The monoisotopic (exact) mass is 323 g/mol. The summed E-state index contributed by atoms with van der Waals surface area (Å²) < 4.78 is 0.780. The normalized spacial score (nSPS) is 28.3. The summed E-state index contributed by atoms with van der Waals surface area (Å²) >= 11 is 3.31. The number of imide groups is 1. The van der Waals surface area contributed by atoms with E-state index in [2.05, 4.69) is 15.9 Å². The number of carbonyl (C=O) groups excluding carboxylic acids is 2. The number of rotatable bonds is 1. The van der Waals surface area contributed by atoms with Crippen molar-refractivity contribution >= 4 is 27.7 Å². The lowest BCUT2D eigenvalue weighted by molar-refractivity contribution is -0.0988. The highest BCUT2D eigenvalue weighted by Gasteiger charge is 2.55. The quantitative estimate of drug-likeness (QED) is 0.806. The molecule has 1 aliphatic carbocycles. The molecule has 5 heteroatoms. The first-order valence-electron chi connectivity index (χ1n) is 6.19. The summed E-state index contributed by atoms with van der Waals surface area (Å²) in [4.78, 5) is 26.1. The van der Waals surface area contributed by atoms with Crippen LogP contribution in [0.3, 0.4) is 0 Å². The van der Waals surface area contributed by atoms with Crippen LogP contribution in [0.15, 0.2) is 22.7 Å². The Balaban J connectivity index is 2.00. The number of benzene rings is 1. The first-order valence-corrected chi connectivity index (χ1v) is 6.99. The number of carbonyl (C=O) groups is 2. The maximum absolute atomic E-state index is 12.4. The van der Waals surface area contributed by atoms with Gasteiger partial charge < -0.3 is 5.11 Å². The molecule has 1 fully saturated rings. The molecule has 1 aromatic rings. The third-order valence-electron chi connectivity index (χ3n) is 4.36. The third-order valence-corrected chi connectivity index (χ3v) is 4.85. The fraction of sp³-hybridized carbons (Fsp3) is 0.429. The average Bonchev–Trinajstić information content (AvgIpc) is 2.59. The summed E-state index contributed by atoms with van der Waals surface area (Å²) in [6.45, 7) is 3.76. The molecule has 100 valence electrons. The summed E-state index contributed by atoms with van der Waals surface area (Å²) in [5.41, 5.74) is 0.451. The van der Waals surface area contributed by atoms with Crippen LogP contribution >= 0.6 is 15.9 Å². The van der Waals surface area contributed by atoms with Crippen molar-refractivity contribution in [3.63, 3.8) is 0 Å². The number of fused-ring (bicyclic) bond motifs is 1. The van der Waals surface area contributed by atoms with Gasteiger partial charge in [0, 0.05) is 9.89 Å². The highest BCUT2D eigenvalue weighted by atomic mass is 79.9. The van der Waals surface area contributed by atoms with E-state index in [0.717, 1.165) is 4.47 Å². The minimum Gasteiger partial charge on any atom is -0.392 e. The van der Waals surface area contributed by atoms with Gasteiger partial charge in [0.1, 0.15) is 0 Å². The first kappa shape index (κ1) is 12.8.